The minimum Gasteiger partial charge on any atom is -0.496 e. The smallest absolute Gasteiger partial charge is 0.136 e. The van der Waals surface area contributed by atoms with Gasteiger partial charge in [0.1, 0.15) is 11.6 Å². The quantitative estimate of drug-likeness (QED) is 0.854. The number of hydrazine groups is 2. The summed E-state index contributed by atoms with van der Waals surface area (Å²) in [6.07, 6.45) is 0.935. The third kappa shape index (κ3) is 3.44. The van der Waals surface area contributed by atoms with Crippen molar-refractivity contribution < 1.29 is 4.74 Å². The molecule has 0 fully saturated rings. The summed E-state index contributed by atoms with van der Waals surface area (Å²) in [5.74, 6) is 1.75. The predicted octanol–water partition coefficient (Wildman–Crippen LogP) is 2.50. The Balaban J connectivity index is 2.00. The van der Waals surface area contributed by atoms with Crippen molar-refractivity contribution in [2.45, 2.75) is 19.4 Å². The van der Waals surface area contributed by atoms with E-state index in [1.54, 1.807) is 7.11 Å². The van der Waals surface area contributed by atoms with Crippen LogP contribution in [-0.2, 0) is 0 Å². The fraction of sp³-hybridized carbons (Fsp3) is 0.389. The van der Waals surface area contributed by atoms with Gasteiger partial charge in [-0.1, -0.05) is 24.3 Å². The molecule has 0 radical (unpaired) electrons. The number of hydrogen-bond acceptors (Lipinski definition) is 6. The van der Waals surface area contributed by atoms with Gasteiger partial charge in [0.15, 0.2) is 0 Å². The summed E-state index contributed by atoms with van der Waals surface area (Å²) in [5.41, 5.74) is 7.48. The maximum atomic E-state index is 5.69. The first-order chi connectivity index (χ1) is 11.6. The molecule has 0 saturated carbocycles. The standard InChI is InChI=1S/C18H25N5O/c1-13-19-21-23(20-13)17(9-10-22(2)3)16-11-14-7-5-6-8-15(14)12-18(16)24-4/h5-8,11-12,17,21H,9-10H2,1-4H3,(H,19,20). The van der Waals surface area contributed by atoms with Crippen LogP contribution in [0.3, 0.4) is 0 Å². The van der Waals surface area contributed by atoms with Crippen molar-refractivity contribution in [3.8, 4) is 5.75 Å². The summed E-state index contributed by atoms with van der Waals surface area (Å²) in [5, 5.41) is 8.57. The van der Waals surface area contributed by atoms with Gasteiger partial charge in [0.05, 0.1) is 13.2 Å². The molecule has 1 aliphatic rings. The number of nitrogens with zero attached hydrogens (tertiary/aromatic N) is 3. The molecule has 2 N–H and O–H groups in total. The van der Waals surface area contributed by atoms with E-state index in [1.807, 2.05) is 18.1 Å². The molecule has 24 heavy (non-hydrogen) atoms. The van der Waals surface area contributed by atoms with Crippen molar-refractivity contribution in [2.75, 3.05) is 27.7 Å². The van der Waals surface area contributed by atoms with Crippen molar-refractivity contribution in [1.82, 2.24) is 21.0 Å². The number of ether oxygens (including phenoxy) is 1. The molecule has 1 aliphatic heterocycles. The van der Waals surface area contributed by atoms with Crippen molar-refractivity contribution in [2.24, 2.45) is 5.10 Å². The Morgan fingerprint density at radius 3 is 2.50 bits per heavy atom. The van der Waals surface area contributed by atoms with Gasteiger partial charge in [-0.3, -0.25) is 5.43 Å². The Hall–Kier alpha value is -2.31. The number of benzene rings is 2. The number of hydrazone groups is 1. The lowest BCUT2D eigenvalue weighted by Crippen LogP contribution is -2.44. The van der Waals surface area contributed by atoms with Crippen LogP contribution in [0.4, 0.5) is 0 Å². The van der Waals surface area contributed by atoms with Gasteiger partial charge < -0.3 is 9.64 Å². The van der Waals surface area contributed by atoms with E-state index in [9.17, 15) is 0 Å². The molecule has 0 spiro atoms. The van der Waals surface area contributed by atoms with Crippen LogP contribution in [0.15, 0.2) is 41.5 Å². The van der Waals surface area contributed by atoms with E-state index in [2.05, 4.69) is 65.4 Å². The molecular formula is C18H25N5O. The Morgan fingerprint density at radius 2 is 1.92 bits per heavy atom. The number of fused-ring (bicyclic) bond motifs is 1. The zero-order valence-corrected chi connectivity index (χ0v) is 14.7. The van der Waals surface area contributed by atoms with Gasteiger partial charge in [-0.2, -0.15) is 0 Å². The second kappa shape index (κ2) is 7.07. The Morgan fingerprint density at radius 1 is 1.21 bits per heavy atom. The molecule has 2 aromatic rings. The van der Waals surface area contributed by atoms with E-state index in [-0.39, 0.29) is 6.04 Å². The lowest BCUT2D eigenvalue weighted by molar-refractivity contribution is 0.0969. The van der Waals surface area contributed by atoms with Gasteiger partial charge in [-0.15, -0.1) is 10.2 Å². The average Bonchev–Trinajstić information content (AvgIpc) is 3.00. The zero-order valence-electron chi connectivity index (χ0n) is 14.7. The number of hydrogen-bond donors (Lipinski definition) is 2. The molecule has 6 nitrogen and oxygen atoms in total. The number of amidine groups is 1. The van der Waals surface area contributed by atoms with Gasteiger partial charge in [-0.05, 0) is 56.9 Å². The lowest BCUT2D eigenvalue weighted by atomic mass is 9.98. The van der Waals surface area contributed by atoms with E-state index in [0.717, 1.165) is 30.1 Å². The summed E-state index contributed by atoms with van der Waals surface area (Å²) >= 11 is 0. The fourth-order valence-corrected chi connectivity index (χ4v) is 2.98. The van der Waals surface area contributed by atoms with Gasteiger partial charge in [0.2, 0.25) is 0 Å². The van der Waals surface area contributed by atoms with Crippen LogP contribution in [0, 0.1) is 0 Å². The first-order valence-electron chi connectivity index (χ1n) is 8.15. The first-order valence-corrected chi connectivity index (χ1v) is 8.15. The molecule has 3 rings (SSSR count). The van der Waals surface area contributed by atoms with Crippen LogP contribution >= 0.6 is 0 Å². The van der Waals surface area contributed by atoms with Gasteiger partial charge in [-0.25, -0.2) is 5.53 Å². The molecule has 0 amide bonds. The summed E-state index contributed by atoms with van der Waals surface area (Å²) in [7, 11) is 5.89. The fourth-order valence-electron chi connectivity index (χ4n) is 2.98. The zero-order chi connectivity index (χ0) is 17.1. The van der Waals surface area contributed by atoms with Crippen LogP contribution < -0.4 is 15.7 Å². The molecule has 1 unspecified atom stereocenters. The monoisotopic (exact) mass is 327 g/mol. The molecule has 6 heteroatoms. The van der Waals surface area contributed by atoms with Crippen LogP contribution in [0.1, 0.15) is 24.9 Å². The van der Waals surface area contributed by atoms with Crippen molar-refractivity contribution >= 4 is 16.6 Å². The Bertz CT molecular complexity index is 743. The van der Waals surface area contributed by atoms with Gasteiger partial charge in [0.25, 0.3) is 0 Å². The van der Waals surface area contributed by atoms with Crippen LogP contribution in [0.2, 0.25) is 0 Å². The maximum Gasteiger partial charge on any atom is 0.136 e. The Kier molecular flexibility index (Phi) is 4.87. The van der Waals surface area contributed by atoms with E-state index in [0.29, 0.717) is 0 Å². The maximum absolute atomic E-state index is 5.69. The van der Waals surface area contributed by atoms with Crippen molar-refractivity contribution in [1.29, 1.82) is 0 Å². The second-order valence-electron chi connectivity index (χ2n) is 6.33. The first kappa shape index (κ1) is 16.5. The van der Waals surface area contributed by atoms with Crippen LogP contribution in [-0.4, -0.2) is 43.6 Å². The van der Waals surface area contributed by atoms with E-state index in [4.69, 9.17) is 4.74 Å². The molecule has 0 saturated heterocycles. The predicted molar refractivity (Wildman–Crippen MR) is 97.6 cm³/mol. The molecule has 0 aromatic heterocycles. The van der Waals surface area contributed by atoms with E-state index >= 15 is 0 Å². The third-order valence-electron chi connectivity index (χ3n) is 4.23. The summed E-state index contributed by atoms with van der Waals surface area (Å²) in [6, 6.07) is 12.8. The highest BCUT2D eigenvalue weighted by molar-refractivity contribution is 5.85. The molecule has 2 aromatic carbocycles. The van der Waals surface area contributed by atoms with Gasteiger partial charge >= 0.3 is 0 Å². The second-order valence-corrected chi connectivity index (χ2v) is 6.33. The van der Waals surface area contributed by atoms with Crippen LogP contribution in [0.25, 0.3) is 10.8 Å². The average molecular weight is 327 g/mol. The highest BCUT2D eigenvalue weighted by atomic mass is 16.5. The van der Waals surface area contributed by atoms with Crippen molar-refractivity contribution in [3.63, 3.8) is 0 Å². The number of rotatable bonds is 6. The minimum atomic E-state index is 0.0909. The van der Waals surface area contributed by atoms with E-state index < -0.39 is 0 Å². The minimum absolute atomic E-state index is 0.0909. The summed E-state index contributed by atoms with van der Waals surface area (Å²) < 4.78 is 5.69. The van der Waals surface area contributed by atoms with Crippen molar-refractivity contribution in [3.05, 3.63) is 42.0 Å². The SMILES string of the molecule is COc1cc2ccccc2cc1C(CCN(C)C)N1NN=C(C)N1. The molecule has 0 aliphatic carbocycles. The lowest BCUT2D eigenvalue weighted by Gasteiger charge is -2.29. The van der Waals surface area contributed by atoms with E-state index in [1.165, 1.54) is 10.8 Å². The molecule has 1 atom stereocenters. The molecule has 1 heterocycles. The molecule has 128 valence electrons. The highest BCUT2D eigenvalue weighted by Crippen LogP contribution is 2.34. The topological polar surface area (TPSA) is 52.1 Å². The third-order valence-corrected chi connectivity index (χ3v) is 4.23. The van der Waals surface area contributed by atoms with Crippen LogP contribution in [0.5, 0.6) is 5.75 Å². The molecule has 0 bridgehead atoms. The Labute approximate surface area is 143 Å². The largest absolute Gasteiger partial charge is 0.496 e. The highest BCUT2D eigenvalue weighted by Gasteiger charge is 2.27. The number of methoxy groups -OCH3 is 1. The summed E-state index contributed by atoms with van der Waals surface area (Å²) in [6.45, 7) is 2.90. The van der Waals surface area contributed by atoms with Gasteiger partial charge in [0, 0.05) is 5.56 Å². The molecular weight excluding hydrogens is 302 g/mol. The number of nitrogens with one attached hydrogen (secondary N) is 2. The normalized spacial score (nSPS) is 16.0. The summed E-state index contributed by atoms with van der Waals surface area (Å²) in [4.78, 5) is 2.18.